The summed E-state index contributed by atoms with van der Waals surface area (Å²) in [4.78, 5) is 20.7. The first-order valence-corrected chi connectivity index (χ1v) is 8.82. The van der Waals surface area contributed by atoms with Gasteiger partial charge >= 0.3 is 5.82 Å². The van der Waals surface area contributed by atoms with Gasteiger partial charge in [-0.25, -0.2) is 0 Å². The fraction of sp³-hybridized carbons (Fsp3) is 0.294. The van der Waals surface area contributed by atoms with Gasteiger partial charge in [-0.1, -0.05) is 11.6 Å². The van der Waals surface area contributed by atoms with Gasteiger partial charge in [0.2, 0.25) is 0 Å². The molecule has 0 aromatic carbocycles. The van der Waals surface area contributed by atoms with Gasteiger partial charge in [0, 0.05) is 38.2 Å². The molecule has 10 nitrogen and oxygen atoms in total. The molecule has 2 aromatic rings. The summed E-state index contributed by atoms with van der Waals surface area (Å²) in [5.41, 5.74) is 7.23. The maximum Gasteiger partial charge on any atom is 0.388 e. The van der Waals surface area contributed by atoms with E-state index in [0.29, 0.717) is 18.9 Å². The Morgan fingerprint density at radius 3 is 2.86 bits per heavy atom. The van der Waals surface area contributed by atoms with Crippen LogP contribution in [0.5, 0.6) is 5.75 Å². The van der Waals surface area contributed by atoms with Crippen molar-refractivity contribution in [2.75, 3.05) is 43.6 Å². The number of hydrogen-bond acceptors (Lipinski definition) is 9. The number of rotatable bonds is 6. The Hall–Kier alpha value is -3.11. The van der Waals surface area contributed by atoms with Gasteiger partial charge in [0.25, 0.3) is 0 Å². The van der Waals surface area contributed by atoms with Crippen LogP contribution in [0.1, 0.15) is 5.69 Å². The first-order chi connectivity index (χ1) is 13.5. The van der Waals surface area contributed by atoms with E-state index in [-0.39, 0.29) is 22.2 Å². The molecule has 0 aliphatic carbocycles. The van der Waals surface area contributed by atoms with Gasteiger partial charge in [0.1, 0.15) is 10.7 Å². The molecule has 0 atom stereocenters. The lowest BCUT2D eigenvalue weighted by Gasteiger charge is -2.29. The van der Waals surface area contributed by atoms with Gasteiger partial charge in [-0.3, -0.25) is 4.98 Å². The molecule has 11 heteroatoms. The molecule has 0 radical (unpaired) electrons. The monoisotopic (exact) mass is 406 g/mol. The Balaban J connectivity index is 1.88. The highest BCUT2D eigenvalue weighted by molar-refractivity contribution is 6.35. The molecule has 3 heterocycles. The lowest BCUT2D eigenvalue weighted by molar-refractivity contribution is -0.388. The molecule has 0 amide bonds. The maximum absolute atomic E-state index is 11.1. The van der Waals surface area contributed by atoms with Gasteiger partial charge in [-0.2, -0.15) is 0 Å². The van der Waals surface area contributed by atoms with Crippen molar-refractivity contribution in [1.29, 1.82) is 0 Å². The summed E-state index contributed by atoms with van der Waals surface area (Å²) in [7, 11) is 1.51. The molecular weight excluding hydrogens is 388 g/mol. The molecule has 0 bridgehead atoms. The molecular formula is C17H19ClN6O4. The smallest absolute Gasteiger partial charge is 0.388 e. The van der Waals surface area contributed by atoms with Gasteiger partial charge < -0.3 is 35.5 Å². The van der Waals surface area contributed by atoms with Crippen LogP contribution in [0.3, 0.4) is 0 Å². The Morgan fingerprint density at radius 2 is 2.21 bits per heavy atom. The fourth-order valence-corrected chi connectivity index (χ4v) is 3.02. The zero-order chi connectivity index (χ0) is 20.1. The molecule has 1 aliphatic rings. The number of nitrogens with zero attached hydrogens (tertiary/aromatic N) is 4. The minimum absolute atomic E-state index is 0.0212. The van der Waals surface area contributed by atoms with E-state index in [2.05, 4.69) is 20.2 Å². The molecule has 1 fully saturated rings. The molecule has 1 aliphatic heterocycles. The second kappa shape index (κ2) is 8.72. The summed E-state index contributed by atoms with van der Waals surface area (Å²) < 4.78 is 11.1. The number of nitro groups is 1. The highest BCUT2D eigenvalue weighted by Gasteiger charge is 2.23. The average molecular weight is 407 g/mol. The minimum atomic E-state index is -0.630. The molecule has 3 rings (SSSR count). The Kier molecular flexibility index (Phi) is 6.12. The van der Waals surface area contributed by atoms with E-state index in [4.69, 9.17) is 26.8 Å². The third kappa shape index (κ3) is 4.07. The van der Waals surface area contributed by atoms with E-state index in [1.54, 1.807) is 6.20 Å². The molecule has 28 heavy (non-hydrogen) atoms. The number of morpholine rings is 1. The number of halogens is 1. The molecule has 0 spiro atoms. The van der Waals surface area contributed by atoms with Crippen LogP contribution in [0.2, 0.25) is 5.02 Å². The molecule has 3 N–H and O–H groups in total. The summed E-state index contributed by atoms with van der Waals surface area (Å²) in [5, 5.41) is 13.8. The van der Waals surface area contributed by atoms with Crippen molar-refractivity contribution in [1.82, 2.24) is 9.97 Å². The summed E-state index contributed by atoms with van der Waals surface area (Å²) in [6, 6.07) is 3.73. The highest BCUT2D eigenvalue weighted by Crippen LogP contribution is 2.38. The van der Waals surface area contributed by atoms with E-state index in [9.17, 15) is 10.1 Å². The topological polar surface area (TPSA) is 129 Å². The van der Waals surface area contributed by atoms with Gasteiger partial charge in [-0.15, -0.1) is 0 Å². The predicted molar refractivity (Wildman–Crippen MR) is 106 cm³/mol. The number of ether oxygens (including phenoxy) is 2. The summed E-state index contributed by atoms with van der Waals surface area (Å²) in [6.07, 6.45) is 4.08. The summed E-state index contributed by atoms with van der Waals surface area (Å²) in [5.74, 6) is -0.0350. The van der Waals surface area contributed by atoms with Gasteiger partial charge in [-0.05, 0) is 22.0 Å². The quantitative estimate of drug-likeness (QED) is 0.421. The normalized spacial score (nSPS) is 14.6. The lowest BCUT2D eigenvalue weighted by Crippen LogP contribution is -2.36. The van der Waals surface area contributed by atoms with Crippen molar-refractivity contribution in [2.24, 2.45) is 5.73 Å². The van der Waals surface area contributed by atoms with Gasteiger partial charge in [0.15, 0.2) is 23.4 Å². The van der Waals surface area contributed by atoms with E-state index in [1.165, 1.54) is 19.4 Å². The molecule has 0 unspecified atom stereocenters. The van der Waals surface area contributed by atoms with Crippen LogP contribution < -0.4 is 20.7 Å². The summed E-state index contributed by atoms with van der Waals surface area (Å²) in [6.45, 7) is 2.86. The minimum Gasteiger partial charge on any atom is -0.448 e. The maximum atomic E-state index is 11.1. The predicted octanol–water partition coefficient (Wildman–Crippen LogP) is 2.25. The van der Waals surface area contributed by atoms with E-state index < -0.39 is 10.7 Å². The zero-order valence-corrected chi connectivity index (χ0v) is 15.8. The van der Waals surface area contributed by atoms with Crippen LogP contribution in [0, 0.1) is 10.1 Å². The van der Waals surface area contributed by atoms with Crippen molar-refractivity contribution in [3.8, 4) is 5.75 Å². The Bertz CT molecular complexity index is 901. The second-order valence-electron chi connectivity index (χ2n) is 5.77. The summed E-state index contributed by atoms with van der Waals surface area (Å²) >= 11 is 6.26. The average Bonchev–Trinajstić information content (AvgIpc) is 2.73. The molecule has 148 valence electrons. The van der Waals surface area contributed by atoms with Crippen LogP contribution in [0.15, 0.2) is 30.7 Å². The van der Waals surface area contributed by atoms with Crippen molar-refractivity contribution < 1.29 is 14.4 Å². The largest absolute Gasteiger partial charge is 0.448 e. The lowest BCUT2D eigenvalue weighted by atomic mass is 10.2. The molecule has 1 saturated heterocycles. The van der Waals surface area contributed by atoms with Crippen molar-refractivity contribution in [3.05, 3.63) is 51.6 Å². The number of hydrogen-bond donors (Lipinski definition) is 2. The number of nitrogens with two attached hydrogens (primary N) is 1. The number of anilines is 2. The number of nitrogens with one attached hydrogen (secondary N) is 1. The van der Waals surface area contributed by atoms with E-state index in [1.807, 2.05) is 12.1 Å². The Labute approximate surface area is 166 Å². The van der Waals surface area contributed by atoms with Crippen LogP contribution in [-0.2, 0) is 4.74 Å². The molecule has 2 aromatic heterocycles. The first kappa shape index (κ1) is 19.6. The van der Waals surface area contributed by atoms with Crippen LogP contribution >= 0.6 is 11.6 Å². The van der Waals surface area contributed by atoms with Crippen molar-refractivity contribution >= 4 is 34.6 Å². The van der Waals surface area contributed by atoms with Crippen molar-refractivity contribution in [3.63, 3.8) is 0 Å². The van der Waals surface area contributed by atoms with Crippen molar-refractivity contribution in [2.45, 2.75) is 0 Å². The van der Waals surface area contributed by atoms with Crippen LogP contribution in [0.25, 0.3) is 5.76 Å². The van der Waals surface area contributed by atoms with E-state index >= 15 is 0 Å². The third-order valence-electron chi connectivity index (χ3n) is 4.13. The van der Waals surface area contributed by atoms with E-state index in [0.717, 1.165) is 18.8 Å². The fourth-order valence-electron chi connectivity index (χ4n) is 2.76. The number of pyridine rings is 2. The van der Waals surface area contributed by atoms with Crippen LogP contribution in [-0.4, -0.2) is 48.2 Å². The van der Waals surface area contributed by atoms with Crippen LogP contribution in [0.4, 0.5) is 17.2 Å². The highest BCUT2D eigenvalue weighted by atomic mass is 35.5. The SMILES string of the molecule is CNc1c([N+](=O)[O-])ncc(O/C(=C/N)c2cc(N3CCOCC3)ccn2)c1Cl. The third-order valence-corrected chi connectivity index (χ3v) is 4.51. The first-order valence-electron chi connectivity index (χ1n) is 8.44. The standard InChI is InChI=1S/C17H19ClN6O4/c1-20-16-15(18)14(10-22-17(16)24(25)26)28-13(9-19)12-8-11(2-3-21-12)23-4-6-27-7-5-23/h2-3,8-10,20H,4-7,19H2,1H3/b13-9+. The Morgan fingerprint density at radius 1 is 1.46 bits per heavy atom. The zero-order valence-electron chi connectivity index (χ0n) is 15.1. The molecule has 0 saturated carbocycles. The second-order valence-corrected chi connectivity index (χ2v) is 6.15. The van der Waals surface area contributed by atoms with Gasteiger partial charge in [0.05, 0.1) is 13.2 Å². The number of aromatic nitrogens is 2.